The first kappa shape index (κ1) is 7.84. The standard InChI is InChI=1S/C6H9NO4/c1-4(8)10-3-5-2-7-6(9)11-5/h5H,2-3H2,1H3,(H,7,9)/t5-/m0/s1. The monoisotopic (exact) mass is 159 g/mol. The summed E-state index contributed by atoms with van der Waals surface area (Å²) in [6.07, 6.45) is -0.784. The normalized spacial score (nSPS) is 22.3. The minimum absolute atomic E-state index is 0.133. The summed E-state index contributed by atoms with van der Waals surface area (Å²) in [7, 11) is 0. The number of hydrogen-bond donors (Lipinski definition) is 1. The molecule has 1 aliphatic rings. The highest BCUT2D eigenvalue weighted by Crippen LogP contribution is 1.99. The average Bonchev–Trinajstić information content (AvgIpc) is 2.31. The third kappa shape index (κ3) is 2.45. The molecule has 1 fully saturated rings. The Balaban J connectivity index is 2.18. The van der Waals surface area contributed by atoms with Crippen LogP contribution in [0, 0.1) is 0 Å². The molecule has 0 aliphatic carbocycles. The number of carbonyl (C=O) groups is 2. The van der Waals surface area contributed by atoms with E-state index >= 15 is 0 Å². The average molecular weight is 159 g/mol. The molecule has 5 heteroatoms. The van der Waals surface area contributed by atoms with Gasteiger partial charge in [-0.05, 0) is 0 Å². The molecular formula is C6H9NO4. The molecular weight excluding hydrogens is 150 g/mol. The first-order valence-electron chi connectivity index (χ1n) is 3.26. The van der Waals surface area contributed by atoms with Gasteiger partial charge in [-0.25, -0.2) is 4.79 Å². The lowest BCUT2D eigenvalue weighted by molar-refractivity contribution is -0.143. The number of cyclic esters (lactones) is 1. The summed E-state index contributed by atoms with van der Waals surface area (Å²) in [4.78, 5) is 20.7. The molecule has 0 aromatic carbocycles. The second kappa shape index (κ2) is 3.23. The van der Waals surface area contributed by atoms with Gasteiger partial charge in [-0.3, -0.25) is 4.79 Å². The van der Waals surface area contributed by atoms with Gasteiger partial charge in [-0.1, -0.05) is 0 Å². The molecule has 5 nitrogen and oxygen atoms in total. The highest BCUT2D eigenvalue weighted by Gasteiger charge is 2.22. The molecule has 1 N–H and O–H groups in total. The number of nitrogens with one attached hydrogen (secondary N) is 1. The van der Waals surface area contributed by atoms with E-state index in [0.717, 1.165) is 0 Å². The zero-order valence-electron chi connectivity index (χ0n) is 6.12. The fourth-order valence-electron chi connectivity index (χ4n) is 0.735. The van der Waals surface area contributed by atoms with Gasteiger partial charge in [0, 0.05) is 6.92 Å². The lowest BCUT2D eigenvalue weighted by Gasteiger charge is -2.05. The van der Waals surface area contributed by atoms with Crippen molar-refractivity contribution in [3.63, 3.8) is 0 Å². The first-order valence-corrected chi connectivity index (χ1v) is 3.26. The first-order chi connectivity index (χ1) is 5.18. The predicted octanol–water partition coefficient (Wildman–Crippen LogP) is -0.342. The molecule has 11 heavy (non-hydrogen) atoms. The summed E-state index contributed by atoms with van der Waals surface area (Å²) in [6, 6.07) is 0. The lowest BCUT2D eigenvalue weighted by atomic mass is 10.4. The van der Waals surface area contributed by atoms with Crippen molar-refractivity contribution in [1.29, 1.82) is 0 Å². The van der Waals surface area contributed by atoms with Crippen LogP contribution in [0.2, 0.25) is 0 Å². The maximum absolute atomic E-state index is 10.4. The third-order valence-electron chi connectivity index (χ3n) is 1.22. The summed E-state index contributed by atoms with van der Waals surface area (Å²) in [5.74, 6) is -0.368. The Bertz CT molecular complexity index is 179. The van der Waals surface area contributed by atoms with E-state index in [9.17, 15) is 9.59 Å². The highest BCUT2D eigenvalue weighted by atomic mass is 16.6. The minimum atomic E-state index is -0.456. The van der Waals surface area contributed by atoms with Gasteiger partial charge in [0.1, 0.15) is 6.61 Å². The van der Waals surface area contributed by atoms with E-state index in [0.29, 0.717) is 6.54 Å². The van der Waals surface area contributed by atoms with E-state index in [1.165, 1.54) is 6.92 Å². The molecule has 1 rings (SSSR count). The van der Waals surface area contributed by atoms with Gasteiger partial charge in [0.25, 0.3) is 0 Å². The quantitative estimate of drug-likeness (QED) is 0.560. The number of esters is 1. The van der Waals surface area contributed by atoms with Gasteiger partial charge in [0.05, 0.1) is 6.54 Å². The number of alkyl carbamates (subject to hydrolysis) is 1. The van der Waals surface area contributed by atoms with Crippen LogP contribution in [0.3, 0.4) is 0 Å². The van der Waals surface area contributed by atoms with Crippen LogP contribution in [0.1, 0.15) is 6.92 Å². The number of rotatable bonds is 2. The van der Waals surface area contributed by atoms with Gasteiger partial charge in [0.15, 0.2) is 6.10 Å². The van der Waals surface area contributed by atoms with Crippen LogP contribution in [-0.2, 0) is 14.3 Å². The molecule has 0 radical (unpaired) electrons. The molecule has 1 heterocycles. The summed E-state index contributed by atoms with van der Waals surface area (Å²) in [5.41, 5.74) is 0. The van der Waals surface area contributed by atoms with E-state index in [1.54, 1.807) is 0 Å². The molecule has 1 aliphatic heterocycles. The number of carbonyl (C=O) groups excluding carboxylic acids is 2. The molecule has 0 unspecified atom stereocenters. The predicted molar refractivity (Wildman–Crippen MR) is 34.9 cm³/mol. The zero-order valence-corrected chi connectivity index (χ0v) is 6.12. The fourth-order valence-corrected chi connectivity index (χ4v) is 0.735. The van der Waals surface area contributed by atoms with E-state index in [2.05, 4.69) is 14.8 Å². The van der Waals surface area contributed by atoms with Crippen molar-refractivity contribution in [3.8, 4) is 0 Å². The van der Waals surface area contributed by atoms with Crippen LogP contribution in [0.5, 0.6) is 0 Å². The Kier molecular flexibility index (Phi) is 2.30. The smallest absolute Gasteiger partial charge is 0.407 e. The van der Waals surface area contributed by atoms with Gasteiger partial charge in [0.2, 0.25) is 0 Å². The van der Waals surface area contributed by atoms with Crippen LogP contribution >= 0.6 is 0 Å². The van der Waals surface area contributed by atoms with E-state index in [-0.39, 0.29) is 18.7 Å². The summed E-state index contributed by atoms with van der Waals surface area (Å²) in [5, 5.41) is 2.44. The third-order valence-corrected chi connectivity index (χ3v) is 1.22. The maximum Gasteiger partial charge on any atom is 0.407 e. The van der Waals surface area contributed by atoms with Crippen molar-refractivity contribution in [2.45, 2.75) is 13.0 Å². The SMILES string of the molecule is CC(=O)OC[C@@H]1CNC(=O)O1. The molecule has 1 atom stereocenters. The second-order valence-corrected chi connectivity index (χ2v) is 2.21. The summed E-state index contributed by atoms with van der Waals surface area (Å²) in [6.45, 7) is 1.85. The topological polar surface area (TPSA) is 64.6 Å². The van der Waals surface area contributed by atoms with E-state index in [1.807, 2.05) is 0 Å². The molecule has 0 spiro atoms. The van der Waals surface area contributed by atoms with Crippen molar-refractivity contribution in [3.05, 3.63) is 0 Å². The Labute approximate surface area is 63.7 Å². The fraction of sp³-hybridized carbons (Fsp3) is 0.667. The van der Waals surface area contributed by atoms with E-state index < -0.39 is 6.09 Å². The maximum atomic E-state index is 10.4. The second-order valence-electron chi connectivity index (χ2n) is 2.21. The Morgan fingerprint density at radius 3 is 3.09 bits per heavy atom. The lowest BCUT2D eigenvalue weighted by Crippen LogP contribution is -2.21. The molecule has 0 aromatic rings. The molecule has 1 amide bonds. The van der Waals surface area contributed by atoms with Crippen molar-refractivity contribution in [2.24, 2.45) is 0 Å². The number of ether oxygens (including phenoxy) is 2. The van der Waals surface area contributed by atoms with Gasteiger partial charge >= 0.3 is 12.1 Å². The zero-order chi connectivity index (χ0) is 8.27. The Morgan fingerprint density at radius 2 is 2.64 bits per heavy atom. The van der Waals surface area contributed by atoms with E-state index in [4.69, 9.17) is 0 Å². The summed E-state index contributed by atoms with van der Waals surface area (Å²) < 4.78 is 9.30. The van der Waals surface area contributed by atoms with Crippen molar-refractivity contribution >= 4 is 12.1 Å². The van der Waals surface area contributed by atoms with Gasteiger partial charge < -0.3 is 14.8 Å². The van der Waals surface area contributed by atoms with Crippen LogP contribution in [0.25, 0.3) is 0 Å². The van der Waals surface area contributed by atoms with Gasteiger partial charge in [-0.15, -0.1) is 0 Å². The van der Waals surface area contributed by atoms with Crippen LogP contribution in [-0.4, -0.2) is 31.3 Å². The van der Waals surface area contributed by atoms with Crippen molar-refractivity contribution in [1.82, 2.24) is 5.32 Å². The Hall–Kier alpha value is -1.26. The van der Waals surface area contributed by atoms with Crippen molar-refractivity contribution < 1.29 is 19.1 Å². The van der Waals surface area contributed by atoms with Crippen LogP contribution in [0.4, 0.5) is 4.79 Å². The highest BCUT2D eigenvalue weighted by molar-refractivity contribution is 5.69. The van der Waals surface area contributed by atoms with Crippen LogP contribution < -0.4 is 5.32 Å². The van der Waals surface area contributed by atoms with Crippen LogP contribution in [0.15, 0.2) is 0 Å². The summed E-state index contributed by atoms with van der Waals surface area (Å²) >= 11 is 0. The molecule has 0 saturated carbocycles. The minimum Gasteiger partial charge on any atom is -0.462 e. The molecule has 0 bridgehead atoms. The molecule has 0 aromatic heterocycles. The van der Waals surface area contributed by atoms with Crippen molar-refractivity contribution in [2.75, 3.05) is 13.2 Å². The largest absolute Gasteiger partial charge is 0.462 e. The number of hydrogen-bond acceptors (Lipinski definition) is 4. The molecule has 1 saturated heterocycles. The number of amides is 1. The van der Waals surface area contributed by atoms with Gasteiger partial charge in [-0.2, -0.15) is 0 Å². The Morgan fingerprint density at radius 1 is 1.91 bits per heavy atom. The molecule has 62 valence electrons.